The number of nitrogens with zero attached hydrogens (tertiary/aromatic N) is 4. The molecule has 0 atom stereocenters. The Morgan fingerprint density at radius 1 is 1.11 bits per heavy atom. The number of hydrogen-bond acceptors (Lipinski definition) is 6. The molecule has 0 spiro atoms. The van der Waals surface area contributed by atoms with Gasteiger partial charge in [0.15, 0.2) is 10.3 Å². The second-order valence-electron chi connectivity index (χ2n) is 3.55. The highest BCUT2D eigenvalue weighted by Gasteiger charge is 2.09. The molecule has 2 rings (SSSR count). The topological polar surface area (TPSA) is 60.8 Å². The van der Waals surface area contributed by atoms with Crippen molar-refractivity contribution in [2.45, 2.75) is 24.2 Å². The van der Waals surface area contributed by atoms with Gasteiger partial charge in [-0.15, -0.1) is 0 Å². The van der Waals surface area contributed by atoms with Crippen molar-refractivity contribution >= 4 is 27.7 Å². The van der Waals surface area contributed by atoms with E-state index in [2.05, 4.69) is 35.9 Å². The van der Waals surface area contributed by atoms with Crippen LogP contribution in [0.25, 0.3) is 0 Å². The van der Waals surface area contributed by atoms with Crippen LogP contribution in [0.15, 0.2) is 27.0 Å². The lowest BCUT2D eigenvalue weighted by atomic mass is 10.4. The summed E-state index contributed by atoms with van der Waals surface area (Å²) in [5, 5.41) is 1.19. The molecule has 0 amide bonds. The Morgan fingerprint density at radius 2 is 1.78 bits per heavy atom. The molecule has 0 aliphatic rings. The van der Waals surface area contributed by atoms with Crippen molar-refractivity contribution in [2.24, 2.45) is 0 Å². The summed E-state index contributed by atoms with van der Waals surface area (Å²) in [6.45, 7) is 3.86. The predicted octanol–water partition coefficient (Wildman–Crippen LogP) is 2.81. The molecule has 5 nitrogen and oxygen atoms in total. The monoisotopic (exact) mass is 326 g/mol. The van der Waals surface area contributed by atoms with E-state index in [0.29, 0.717) is 16.2 Å². The molecule has 94 valence electrons. The zero-order chi connectivity index (χ0) is 13.1. The van der Waals surface area contributed by atoms with Gasteiger partial charge in [-0.1, -0.05) is 0 Å². The van der Waals surface area contributed by atoms with Gasteiger partial charge in [-0.2, -0.15) is 4.98 Å². The SMILES string of the molecule is COc1nc(Sc2nc(C)cc(C)n2)ncc1Br. The number of methoxy groups -OCH3 is 1. The van der Waals surface area contributed by atoms with E-state index >= 15 is 0 Å². The quantitative estimate of drug-likeness (QED) is 0.808. The van der Waals surface area contributed by atoms with Crippen LogP contribution in [-0.4, -0.2) is 27.0 Å². The Labute approximate surface area is 118 Å². The van der Waals surface area contributed by atoms with Crippen LogP contribution in [-0.2, 0) is 0 Å². The lowest BCUT2D eigenvalue weighted by Gasteiger charge is -2.04. The van der Waals surface area contributed by atoms with Crippen molar-refractivity contribution in [1.29, 1.82) is 0 Å². The second kappa shape index (κ2) is 5.62. The van der Waals surface area contributed by atoms with Crippen LogP contribution in [0.1, 0.15) is 11.4 Å². The molecule has 2 aromatic rings. The molecule has 18 heavy (non-hydrogen) atoms. The molecule has 0 saturated carbocycles. The molecule has 2 aromatic heterocycles. The maximum absolute atomic E-state index is 5.12. The average Bonchev–Trinajstić information content (AvgIpc) is 2.30. The Balaban J connectivity index is 2.28. The first-order valence-electron chi connectivity index (χ1n) is 5.15. The van der Waals surface area contributed by atoms with Crippen LogP contribution in [0, 0.1) is 13.8 Å². The summed E-state index contributed by atoms with van der Waals surface area (Å²) in [6, 6.07) is 1.92. The van der Waals surface area contributed by atoms with Crippen molar-refractivity contribution in [3.63, 3.8) is 0 Å². The van der Waals surface area contributed by atoms with E-state index in [1.165, 1.54) is 11.8 Å². The second-order valence-corrected chi connectivity index (χ2v) is 5.33. The number of aromatic nitrogens is 4. The fourth-order valence-corrected chi connectivity index (χ4v) is 2.48. The van der Waals surface area contributed by atoms with Crippen LogP contribution in [0.5, 0.6) is 5.88 Å². The minimum absolute atomic E-state index is 0.497. The van der Waals surface area contributed by atoms with Gasteiger partial charge in [0, 0.05) is 17.6 Å². The fraction of sp³-hybridized carbons (Fsp3) is 0.273. The number of hydrogen-bond donors (Lipinski definition) is 0. The van der Waals surface area contributed by atoms with Crippen LogP contribution in [0.3, 0.4) is 0 Å². The Hall–Kier alpha value is -1.21. The van der Waals surface area contributed by atoms with E-state index in [1.54, 1.807) is 13.3 Å². The first-order valence-corrected chi connectivity index (χ1v) is 6.76. The van der Waals surface area contributed by atoms with Gasteiger partial charge in [-0.05, 0) is 47.6 Å². The third kappa shape index (κ3) is 3.17. The van der Waals surface area contributed by atoms with Crippen molar-refractivity contribution in [2.75, 3.05) is 7.11 Å². The van der Waals surface area contributed by atoms with Gasteiger partial charge in [0.2, 0.25) is 5.88 Å². The molecule has 0 saturated heterocycles. The highest BCUT2D eigenvalue weighted by molar-refractivity contribution is 9.10. The summed E-state index contributed by atoms with van der Waals surface area (Å²) < 4.78 is 5.84. The third-order valence-corrected chi connectivity index (χ3v) is 3.32. The summed E-state index contributed by atoms with van der Waals surface area (Å²) in [6.07, 6.45) is 1.65. The summed E-state index contributed by atoms with van der Waals surface area (Å²) in [5.74, 6) is 0.497. The van der Waals surface area contributed by atoms with Crippen molar-refractivity contribution in [1.82, 2.24) is 19.9 Å². The Morgan fingerprint density at radius 3 is 2.39 bits per heavy atom. The minimum atomic E-state index is 0.497. The van der Waals surface area contributed by atoms with Crippen molar-refractivity contribution < 1.29 is 4.74 Å². The fourth-order valence-electron chi connectivity index (χ4n) is 1.35. The molecular formula is C11H11BrN4OS. The van der Waals surface area contributed by atoms with Gasteiger partial charge in [-0.3, -0.25) is 0 Å². The summed E-state index contributed by atoms with van der Waals surface area (Å²) in [5.41, 5.74) is 1.85. The van der Waals surface area contributed by atoms with E-state index in [0.717, 1.165) is 15.9 Å². The molecule has 7 heteroatoms. The zero-order valence-electron chi connectivity index (χ0n) is 10.1. The van der Waals surface area contributed by atoms with Gasteiger partial charge >= 0.3 is 0 Å². The van der Waals surface area contributed by atoms with E-state index in [4.69, 9.17) is 4.74 Å². The molecule has 0 aliphatic heterocycles. The van der Waals surface area contributed by atoms with Gasteiger partial charge < -0.3 is 4.74 Å². The number of rotatable bonds is 3. The number of aryl methyl sites for hydroxylation is 2. The Kier molecular flexibility index (Phi) is 4.13. The minimum Gasteiger partial charge on any atom is -0.480 e. The van der Waals surface area contributed by atoms with Crippen LogP contribution < -0.4 is 4.74 Å². The normalized spacial score (nSPS) is 10.4. The van der Waals surface area contributed by atoms with Gasteiger partial charge in [0.05, 0.1) is 11.6 Å². The summed E-state index contributed by atoms with van der Waals surface area (Å²) >= 11 is 4.62. The highest BCUT2D eigenvalue weighted by atomic mass is 79.9. The maximum atomic E-state index is 5.12. The number of halogens is 1. The smallest absolute Gasteiger partial charge is 0.231 e. The molecule has 0 fully saturated rings. The maximum Gasteiger partial charge on any atom is 0.231 e. The van der Waals surface area contributed by atoms with Crippen molar-refractivity contribution in [3.05, 3.63) is 28.1 Å². The standard InChI is InChI=1S/C11H11BrN4OS/c1-6-4-7(2)15-11(14-6)18-10-13-5-8(12)9(16-10)17-3/h4-5H,1-3H3. The van der Waals surface area contributed by atoms with E-state index in [9.17, 15) is 0 Å². The van der Waals surface area contributed by atoms with E-state index in [-0.39, 0.29) is 0 Å². The summed E-state index contributed by atoms with van der Waals surface area (Å²) in [7, 11) is 1.56. The molecule has 0 aliphatic carbocycles. The van der Waals surface area contributed by atoms with Crippen LogP contribution in [0.4, 0.5) is 0 Å². The van der Waals surface area contributed by atoms with Crippen LogP contribution >= 0.6 is 27.7 Å². The molecule has 2 heterocycles. The van der Waals surface area contributed by atoms with E-state index < -0.39 is 0 Å². The predicted molar refractivity (Wildman–Crippen MR) is 71.9 cm³/mol. The van der Waals surface area contributed by atoms with E-state index in [1.807, 2.05) is 19.9 Å². The lowest BCUT2D eigenvalue weighted by Crippen LogP contribution is -1.96. The van der Waals surface area contributed by atoms with Gasteiger partial charge in [0.25, 0.3) is 0 Å². The Bertz CT molecular complexity index is 559. The molecule has 0 N–H and O–H groups in total. The summed E-state index contributed by atoms with van der Waals surface area (Å²) in [4.78, 5) is 17.1. The number of ether oxygens (including phenoxy) is 1. The lowest BCUT2D eigenvalue weighted by molar-refractivity contribution is 0.389. The molecule has 0 radical (unpaired) electrons. The van der Waals surface area contributed by atoms with Crippen molar-refractivity contribution in [3.8, 4) is 5.88 Å². The molecule has 0 bridgehead atoms. The molecule has 0 aromatic carbocycles. The van der Waals surface area contributed by atoms with Gasteiger partial charge in [-0.25, -0.2) is 15.0 Å². The molecule has 0 unspecified atom stereocenters. The first-order chi connectivity index (χ1) is 8.58. The largest absolute Gasteiger partial charge is 0.480 e. The van der Waals surface area contributed by atoms with Gasteiger partial charge in [0.1, 0.15) is 0 Å². The third-order valence-electron chi connectivity index (χ3n) is 2.03. The van der Waals surface area contributed by atoms with Crippen LogP contribution in [0.2, 0.25) is 0 Å². The average molecular weight is 327 g/mol. The zero-order valence-corrected chi connectivity index (χ0v) is 12.5. The first kappa shape index (κ1) is 13.2. The highest BCUT2D eigenvalue weighted by Crippen LogP contribution is 2.27. The molecular weight excluding hydrogens is 316 g/mol.